The molecule has 1 aromatic rings. The van der Waals surface area contributed by atoms with Gasteiger partial charge in [0.25, 0.3) is 0 Å². The molecule has 1 aromatic carbocycles. The Morgan fingerprint density at radius 1 is 1.44 bits per heavy atom. The number of ether oxygens (including phenoxy) is 2. The van der Waals surface area contributed by atoms with E-state index in [0.717, 1.165) is 11.3 Å². The van der Waals surface area contributed by atoms with Gasteiger partial charge < -0.3 is 14.6 Å². The van der Waals surface area contributed by atoms with Crippen molar-refractivity contribution in [2.75, 3.05) is 13.7 Å². The second-order valence-corrected chi connectivity index (χ2v) is 4.88. The van der Waals surface area contributed by atoms with E-state index in [-0.39, 0.29) is 5.97 Å². The Morgan fingerprint density at radius 3 is 2.67 bits per heavy atom. The van der Waals surface area contributed by atoms with Crippen molar-refractivity contribution >= 4 is 5.97 Å². The standard InChI is InChI=1S/C14H18O4/c1-14(16)7-8-18-13(15)12(14)9-10-3-5-11(17-2)6-4-10/h3-6,12,16H,7-9H2,1-2H3/t12-,14+/m0/s1. The summed E-state index contributed by atoms with van der Waals surface area (Å²) in [5.74, 6) is -0.0431. The summed E-state index contributed by atoms with van der Waals surface area (Å²) in [6.07, 6.45) is 0.968. The number of hydrogen-bond acceptors (Lipinski definition) is 4. The first-order valence-corrected chi connectivity index (χ1v) is 6.05. The number of carbonyl (C=O) groups excluding carboxylic acids is 1. The van der Waals surface area contributed by atoms with Gasteiger partial charge >= 0.3 is 5.97 Å². The molecule has 0 aromatic heterocycles. The van der Waals surface area contributed by atoms with Crippen LogP contribution in [-0.4, -0.2) is 30.4 Å². The number of carbonyl (C=O) groups is 1. The second kappa shape index (κ2) is 4.98. The molecule has 4 nitrogen and oxygen atoms in total. The Hall–Kier alpha value is -1.55. The highest BCUT2D eigenvalue weighted by atomic mass is 16.5. The van der Waals surface area contributed by atoms with Crippen molar-refractivity contribution in [3.63, 3.8) is 0 Å². The van der Waals surface area contributed by atoms with Gasteiger partial charge in [-0.3, -0.25) is 4.79 Å². The molecular formula is C14H18O4. The van der Waals surface area contributed by atoms with Crippen molar-refractivity contribution in [1.29, 1.82) is 0 Å². The summed E-state index contributed by atoms with van der Waals surface area (Å²) in [5, 5.41) is 10.2. The maximum atomic E-state index is 11.7. The number of cyclic esters (lactones) is 1. The Labute approximate surface area is 107 Å². The molecule has 1 fully saturated rings. The molecular weight excluding hydrogens is 232 g/mol. The summed E-state index contributed by atoms with van der Waals surface area (Å²) in [6, 6.07) is 7.49. The van der Waals surface area contributed by atoms with E-state index in [1.807, 2.05) is 24.3 Å². The highest BCUT2D eigenvalue weighted by molar-refractivity contribution is 5.75. The summed E-state index contributed by atoms with van der Waals surface area (Å²) < 4.78 is 10.1. The minimum Gasteiger partial charge on any atom is -0.497 e. The van der Waals surface area contributed by atoms with E-state index in [4.69, 9.17) is 9.47 Å². The third kappa shape index (κ3) is 2.64. The highest BCUT2D eigenvalue weighted by Crippen LogP contribution is 2.30. The molecule has 0 saturated carbocycles. The van der Waals surface area contributed by atoms with Gasteiger partial charge in [-0.1, -0.05) is 12.1 Å². The van der Waals surface area contributed by atoms with Gasteiger partial charge in [0.05, 0.1) is 25.2 Å². The molecule has 0 unspecified atom stereocenters. The van der Waals surface area contributed by atoms with Crippen molar-refractivity contribution < 1.29 is 19.4 Å². The number of benzene rings is 1. The maximum absolute atomic E-state index is 11.7. The van der Waals surface area contributed by atoms with Crippen LogP contribution >= 0.6 is 0 Å². The molecule has 0 aliphatic carbocycles. The van der Waals surface area contributed by atoms with Gasteiger partial charge in [-0.2, -0.15) is 0 Å². The number of esters is 1. The normalized spacial score (nSPS) is 27.7. The minimum atomic E-state index is -0.991. The summed E-state index contributed by atoms with van der Waals surface area (Å²) in [5.41, 5.74) is -0.00477. The smallest absolute Gasteiger partial charge is 0.312 e. The van der Waals surface area contributed by atoms with Gasteiger partial charge in [0.1, 0.15) is 5.75 Å². The first-order valence-electron chi connectivity index (χ1n) is 6.05. The largest absolute Gasteiger partial charge is 0.497 e. The summed E-state index contributed by atoms with van der Waals surface area (Å²) in [4.78, 5) is 11.7. The summed E-state index contributed by atoms with van der Waals surface area (Å²) in [7, 11) is 1.61. The van der Waals surface area contributed by atoms with Gasteiger partial charge in [0, 0.05) is 6.42 Å². The molecule has 1 N–H and O–H groups in total. The van der Waals surface area contributed by atoms with Crippen LogP contribution in [0.5, 0.6) is 5.75 Å². The van der Waals surface area contributed by atoms with E-state index in [1.54, 1.807) is 14.0 Å². The van der Waals surface area contributed by atoms with Crippen LogP contribution in [0, 0.1) is 5.92 Å². The molecule has 4 heteroatoms. The van der Waals surface area contributed by atoms with Gasteiger partial charge in [-0.05, 0) is 31.0 Å². The summed E-state index contributed by atoms with van der Waals surface area (Å²) >= 11 is 0. The van der Waals surface area contributed by atoms with Crippen molar-refractivity contribution in [2.45, 2.75) is 25.4 Å². The molecule has 1 heterocycles. The lowest BCUT2D eigenvalue weighted by atomic mass is 9.80. The lowest BCUT2D eigenvalue weighted by Crippen LogP contribution is -2.46. The Balaban J connectivity index is 2.13. The van der Waals surface area contributed by atoms with E-state index < -0.39 is 11.5 Å². The highest BCUT2D eigenvalue weighted by Gasteiger charge is 2.41. The second-order valence-electron chi connectivity index (χ2n) is 4.88. The zero-order chi connectivity index (χ0) is 13.2. The molecule has 0 amide bonds. The van der Waals surface area contributed by atoms with Gasteiger partial charge in [0.15, 0.2) is 0 Å². The third-order valence-corrected chi connectivity index (χ3v) is 3.49. The fraction of sp³-hybridized carbons (Fsp3) is 0.500. The van der Waals surface area contributed by atoms with Crippen molar-refractivity contribution in [3.8, 4) is 5.75 Å². The number of rotatable bonds is 3. The molecule has 1 saturated heterocycles. The lowest BCUT2D eigenvalue weighted by molar-refractivity contribution is -0.170. The fourth-order valence-electron chi connectivity index (χ4n) is 2.19. The molecule has 0 radical (unpaired) electrons. The van der Waals surface area contributed by atoms with Gasteiger partial charge in [0.2, 0.25) is 0 Å². The Morgan fingerprint density at radius 2 is 2.11 bits per heavy atom. The van der Waals surface area contributed by atoms with Crippen LogP contribution < -0.4 is 4.74 Å². The number of hydrogen-bond donors (Lipinski definition) is 1. The lowest BCUT2D eigenvalue weighted by Gasteiger charge is -2.35. The molecule has 0 spiro atoms. The molecule has 1 aliphatic heterocycles. The van der Waals surface area contributed by atoms with Crippen LogP contribution in [0.1, 0.15) is 18.9 Å². The SMILES string of the molecule is COc1ccc(C[C@H]2C(=O)OCC[C@@]2(C)O)cc1. The predicted octanol–water partition coefficient (Wildman–Crippen LogP) is 1.55. The first kappa shape index (κ1) is 12.9. The molecule has 2 atom stereocenters. The van der Waals surface area contributed by atoms with Crippen LogP contribution in [-0.2, 0) is 16.0 Å². The van der Waals surface area contributed by atoms with Gasteiger partial charge in [-0.25, -0.2) is 0 Å². The Kier molecular flexibility index (Phi) is 3.57. The van der Waals surface area contributed by atoms with Crippen molar-refractivity contribution in [3.05, 3.63) is 29.8 Å². The minimum absolute atomic E-state index is 0.297. The van der Waals surface area contributed by atoms with Gasteiger partial charge in [-0.15, -0.1) is 0 Å². The first-order chi connectivity index (χ1) is 8.53. The monoisotopic (exact) mass is 250 g/mol. The average Bonchev–Trinajstić information content (AvgIpc) is 2.34. The van der Waals surface area contributed by atoms with E-state index in [9.17, 15) is 9.90 Å². The van der Waals surface area contributed by atoms with E-state index >= 15 is 0 Å². The van der Waals surface area contributed by atoms with E-state index in [1.165, 1.54) is 0 Å². The number of methoxy groups -OCH3 is 1. The average molecular weight is 250 g/mol. The van der Waals surface area contributed by atoms with Crippen LogP contribution in [0.25, 0.3) is 0 Å². The zero-order valence-electron chi connectivity index (χ0n) is 10.7. The van der Waals surface area contributed by atoms with Crippen molar-refractivity contribution in [1.82, 2.24) is 0 Å². The third-order valence-electron chi connectivity index (χ3n) is 3.49. The van der Waals surface area contributed by atoms with Crippen molar-refractivity contribution in [2.24, 2.45) is 5.92 Å². The summed E-state index contributed by atoms with van der Waals surface area (Å²) in [6.45, 7) is 1.99. The van der Waals surface area contributed by atoms with Crippen LogP contribution in [0.15, 0.2) is 24.3 Å². The molecule has 18 heavy (non-hydrogen) atoms. The molecule has 98 valence electrons. The van der Waals surface area contributed by atoms with Crippen LogP contribution in [0.3, 0.4) is 0 Å². The fourth-order valence-corrected chi connectivity index (χ4v) is 2.19. The topological polar surface area (TPSA) is 55.8 Å². The molecule has 0 bridgehead atoms. The molecule has 1 aliphatic rings. The Bertz CT molecular complexity index is 422. The molecule has 2 rings (SSSR count). The predicted molar refractivity (Wildman–Crippen MR) is 66.4 cm³/mol. The quantitative estimate of drug-likeness (QED) is 0.827. The van der Waals surface area contributed by atoms with E-state index in [0.29, 0.717) is 19.4 Å². The van der Waals surface area contributed by atoms with Crippen LogP contribution in [0.2, 0.25) is 0 Å². The zero-order valence-corrected chi connectivity index (χ0v) is 10.7. The maximum Gasteiger partial charge on any atom is 0.312 e. The number of aliphatic hydroxyl groups is 1. The van der Waals surface area contributed by atoms with E-state index in [2.05, 4.69) is 0 Å². The van der Waals surface area contributed by atoms with Crippen LogP contribution in [0.4, 0.5) is 0 Å².